The number of carbonyl (C=O) groups is 1. The fourth-order valence-electron chi connectivity index (χ4n) is 2.95. The van der Waals surface area contributed by atoms with Crippen LogP contribution in [-0.2, 0) is 10.2 Å². The van der Waals surface area contributed by atoms with Gasteiger partial charge < -0.3 is 19.8 Å². The Morgan fingerprint density at radius 2 is 1.88 bits per heavy atom. The van der Waals surface area contributed by atoms with Gasteiger partial charge in [0.25, 0.3) is 0 Å². The minimum Gasteiger partial charge on any atom is -0.493 e. The van der Waals surface area contributed by atoms with E-state index in [0.717, 1.165) is 34.4 Å². The lowest BCUT2D eigenvalue weighted by Crippen LogP contribution is -2.32. The van der Waals surface area contributed by atoms with Crippen molar-refractivity contribution in [1.82, 2.24) is 15.3 Å². The second-order valence-electron chi connectivity index (χ2n) is 6.77. The van der Waals surface area contributed by atoms with E-state index in [4.69, 9.17) is 9.47 Å². The Bertz CT molecular complexity index is 931. The van der Waals surface area contributed by atoms with E-state index in [1.54, 1.807) is 14.2 Å². The third-order valence-electron chi connectivity index (χ3n) is 4.55. The largest absolute Gasteiger partial charge is 0.493 e. The first-order valence-corrected chi connectivity index (χ1v) is 8.38. The Morgan fingerprint density at radius 3 is 2.58 bits per heavy atom. The van der Waals surface area contributed by atoms with Crippen molar-refractivity contribution in [3.8, 4) is 22.9 Å². The highest BCUT2D eigenvalue weighted by Gasteiger charge is 2.21. The molecule has 2 aromatic carbocycles. The fourth-order valence-corrected chi connectivity index (χ4v) is 2.95. The molecule has 3 rings (SSSR count). The maximum atomic E-state index is 10.6. The lowest BCUT2D eigenvalue weighted by atomic mass is 9.84. The summed E-state index contributed by atoms with van der Waals surface area (Å²) in [5, 5.41) is 2.76. The Morgan fingerprint density at radius 1 is 1.12 bits per heavy atom. The van der Waals surface area contributed by atoms with E-state index in [2.05, 4.69) is 35.2 Å². The number of amides is 1. The van der Waals surface area contributed by atoms with Gasteiger partial charge in [-0.1, -0.05) is 19.9 Å². The zero-order valence-electron chi connectivity index (χ0n) is 15.4. The molecule has 0 fully saturated rings. The number of ether oxygens (including phenoxy) is 2. The van der Waals surface area contributed by atoms with Crippen LogP contribution in [-0.4, -0.2) is 37.1 Å². The van der Waals surface area contributed by atoms with Crippen LogP contribution in [0.5, 0.6) is 11.5 Å². The molecule has 2 N–H and O–H groups in total. The summed E-state index contributed by atoms with van der Waals surface area (Å²) in [7, 11) is 3.23. The maximum absolute atomic E-state index is 10.6. The van der Waals surface area contributed by atoms with Crippen molar-refractivity contribution in [1.29, 1.82) is 0 Å². The molecule has 0 aliphatic rings. The van der Waals surface area contributed by atoms with Crippen molar-refractivity contribution < 1.29 is 14.3 Å². The number of aromatic nitrogens is 2. The van der Waals surface area contributed by atoms with Gasteiger partial charge in [0, 0.05) is 17.5 Å². The summed E-state index contributed by atoms with van der Waals surface area (Å²) < 4.78 is 10.7. The minimum absolute atomic E-state index is 0.177. The molecule has 6 heteroatoms. The SMILES string of the molecule is COc1ccc(-c2nc3ccc(C(C)(C)CNC=O)cc3[nH]2)cc1OC. The van der Waals surface area contributed by atoms with Gasteiger partial charge in [-0.3, -0.25) is 4.79 Å². The van der Waals surface area contributed by atoms with Crippen LogP contribution in [0.2, 0.25) is 0 Å². The molecule has 6 nitrogen and oxygen atoms in total. The van der Waals surface area contributed by atoms with E-state index >= 15 is 0 Å². The number of carbonyl (C=O) groups excluding carboxylic acids is 1. The molecule has 0 radical (unpaired) electrons. The second kappa shape index (κ2) is 7.07. The van der Waals surface area contributed by atoms with Crippen LogP contribution in [0.4, 0.5) is 0 Å². The number of nitrogens with zero attached hydrogens (tertiary/aromatic N) is 1. The predicted octanol–water partition coefficient (Wildman–Crippen LogP) is 3.27. The predicted molar refractivity (Wildman–Crippen MR) is 102 cm³/mol. The Labute approximate surface area is 152 Å². The van der Waals surface area contributed by atoms with E-state index in [9.17, 15) is 4.79 Å². The third kappa shape index (κ3) is 3.35. The number of aromatic amines is 1. The summed E-state index contributed by atoms with van der Waals surface area (Å²) in [6, 6.07) is 11.8. The molecule has 0 aliphatic carbocycles. The third-order valence-corrected chi connectivity index (χ3v) is 4.55. The molecule has 1 aromatic heterocycles. The number of methoxy groups -OCH3 is 2. The number of benzene rings is 2. The van der Waals surface area contributed by atoms with Crippen molar-refractivity contribution in [2.75, 3.05) is 20.8 Å². The molecular formula is C20H23N3O3. The van der Waals surface area contributed by atoms with E-state index in [-0.39, 0.29) is 5.41 Å². The lowest BCUT2D eigenvalue weighted by molar-refractivity contribution is -0.109. The van der Waals surface area contributed by atoms with Gasteiger partial charge in [-0.05, 0) is 35.9 Å². The number of imidazole rings is 1. The van der Waals surface area contributed by atoms with E-state index in [1.807, 2.05) is 30.3 Å². The smallest absolute Gasteiger partial charge is 0.207 e. The van der Waals surface area contributed by atoms with Crippen LogP contribution < -0.4 is 14.8 Å². The van der Waals surface area contributed by atoms with Crippen molar-refractivity contribution in [2.24, 2.45) is 0 Å². The van der Waals surface area contributed by atoms with Crippen LogP contribution in [0.1, 0.15) is 19.4 Å². The lowest BCUT2D eigenvalue weighted by Gasteiger charge is -2.24. The molecule has 1 heterocycles. The molecule has 0 unspecified atom stereocenters. The van der Waals surface area contributed by atoms with Crippen molar-refractivity contribution in [2.45, 2.75) is 19.3 Å². The zero-order valence-corrected chi connectivity index (χ0v) is 15.4. The van der Waals surface area contributed by atoms with Gasteiger partial charge in [0.15, 0.2) is 11.5 Å². The van der Waals surface area contributed by atoms with E-state index in [1.165, 1.54) is 0 Å². The molecule has 26 heavy (non-hydrogen) atoms. The normalized spacial score (nSPS) is 11.4. The highest BCUT2D eigenvalue weighted by atomic mass is 16.5. The number of nitrogens with one attached hydrogen (secondary N) is 2. The summed E-state index contributed by atoms with van der Waals surface area (Å²) in [4.78, 5) is 18.7. The van der Waals surface area contributed by atoms with E-state index in [0.29, 0.717) is 18.0 Å². The monoisotopic (exact) mass is 353 g/mol. The molecule has 0 saturated carbocycles. The van der Waals surface area contributed by atoms with Crippen LogP contribution >= 0.6 is 0 Å². The number of hydrogen-bond acceptors (Lipinski definition) is 4. The summed E-state index contributed by atoms with van der Waals surface area (Å²) in [5.74, 6) is 2.10. The Hall–Kier alpha value is -3.02. The molecule has 0 bridgehead atoms. The number of fused-ring (bicyclic) bond motifs is 1. The van der Waals surface area contributed by atoms with E-state index < -0.39 is 0 Å². The summed E-state index contributed by atoms with van der Waals surface area (Å²) in [6.45, 7) is 4.76. The fraction of sp³-hybridized carbons (Fsp3) is 0.300. The summed E-state index contributed by atoms with van der Waals surface area (Å²) in [5.41, 5.74) is 3.71. The van der Waals surface area contributed by atoms with Gasteiger partial charge >= 0.3 is 0 Å². The molecule has 3 aromatic rings. The minimum atomic E-state index is -0.177. The second-order valence-corrected chi connectivity index (χ2v) is 6.77. The molecule has 0 aliphatic heterocycles. The molecular weight excluding hydrogens is 330 g/mol. The highest BCUT2D eigenvalue weighted by molar-refractivity contribution is 5.80. The Kier molecular flexibility index (Phi) is 4.84. The van der Waals surface area contributed by atoms with Crippen molar-refractivity contribution >= 4 is 17.4 Å². The number of hydrogen-bond donors (Lipinski definition) is 2. The molecule has 0 saturated heterocycles. The van der Waals surface area contributed by atoms with Gasteiger partial charge in [-0.2, -0.15) is 0 Å². The van der Waals surface area contributed by atoms with Gasteiger partial charge in [0.05, 0.1) is 25.3 Å². The highest BCUT2D eigenvalue weighted by Crippen LogP contribution is 2.32. The standard InChI is InChI=1S/C20H23N3O3/c1-20(2,11-21-12-24)14-6-7-15-16(10-14)23-19(22-15)13-5-8-17(25-3)18(9-13)26-4/h5-10,12H,11H2,1-4H3,(H,21,24)(H,22,23). The Balaban J connectivity index is 1.98. The van der Waals surface area contributed by atoms with Crippen LogP contribution in [0.3, 0.4) is 0 Å². The van der Waals surface area contributed by atoms with Crippen molar-refractivity contribution in [3.05, 3.63) is 42.0 Å². The maximum Gasteiger partial charge on any atom is 0.207 e. The molecule has 0 atom stereocenters. The molecule has 1 amide bonds. The van der Waals surface area contributed by atoms with Gasteiger partial charge in [0.1, 0.15) is 5.82 Å². The summed E-state index contributed by atoms with van der Waals surface area (Å²) in [6.07, 6.45) is 0.728. The molecule has 0 spiro atoms. The quantitative estimate of drug-likeness (QED) is 0.639. The van der Waals surface area contributed by atoms with Gasteiger partial charge in [-0.15, -0.1) is 0 Å². The first-order chi connectivity index (χ1) is 12.5. The van der Waals surface area contributed by atoms with Crippen LogP contribution in [0.25, 0.3) is 22.4 Å². The first kappa shape index (κ1) is 17.8. The number of H-pyrrole nitrogens is 1. The number of rotatable bonds is 7. The first-order valence-electron chi connectivity index (χ1n) is 8.38. The van der Waals surface area contributed by atoms with Crippen LogP contribution in [0.15, 0.2) is 36.4 Å². The topological polar surface area (TPSA) is 76.2 Å². The average molecular weight is 353 g/mol. The molecule has 136 valence electrons. The van der Waals surface area contributed by atoms with Crippen LogP contribution in [0, 0.1) is 0 Å². The summed E-state index contributed by atoms with van der Waals surface area (Å²) >= 11 is 0. The van der Waals surface area contributed by atoms with Crippen molar-refractivity contribution in [3.63, 3.8) is 0 Å². The van der Waals surface area contributed by atoms with Gasteiger partial charge in [-0.25, -0.2) is 4.98 Å². The zero-order chi connectivity index (χ0) is 18.7. The van der Waals surface area contributed by atoms with Gasteiger partial charge in [0.2, 0.25) is 6.41 Å². The average Bonchev–Trinajstić information content (AvgIpc) is 3.09.